The van der Waals surface area contributed by atoms with Crippen LogP contribution in [0.2, 0.25) is 0 Å². The smallest absolute Gasteiger partial charge is 0.246 e. The Bertz CT molecular complexity index is 554. The van der Waals surface area contributed by atoms with Gasteiger partial charge in [-0.2, -0.15) is 0 Å². The molecule has 2 heterocycles. The van der Waals surface area contributed by atoms with Crippen LogP contribution in [-0.4, -0.2) is 36.4 Å². The first kappa shape index (κ1) is 14.1. The fourth-order valence-corrected chi connectivity index (χ4v) is 2.91. The predicted octanol–water partition coefficient (Wildman–Crippen LogP) is 2.70. The normalized spacial score (nSPS) is 21.0. The second kappa shape index (κ2) is 5.50. The number of fused-ring (bicyclic) bond motifs is 1. The van der Waals surface area contributed by atoms with Crippen molar-refractivity contribution in [1.82, 2.24) is 4.90 Å². The highest BCUT2D eigenvalue weighted by Crippen LogP contribution is 2.40. The first-order valence-electron chi connectivity index (χ1n) is 7.50. The van der Waals surface area contributed by atoms with Crippen LogP contribution in [0.3, 0.4) is 0 Å². The maximum Gasteiger partial charge on any atom is 0.246 e. The Morgan fingerprint density at radius 1 is 1.29 bits per heavy atom. The summed E-state index contributed by atoms with van der Waals surface area (Å²) in [6.45, 7) is 6.70. The van der Waals surface area contributed by atoms with E-state index in [9.17, 15) is 0 Å². The third-order valence-corrected chi connectivity index (χ3v) is 3.93. The molecule has 0 unspecified atom stereocenters. The minimum absolute atomic E-state index is 0.493. The third kappa shape index (κ3) is 3.25. The van der Waals surface area contributed by atoms with E-state index >= 15 is 0 Å². The van der Waals surface area contributed by atoms with Crippen LogP contribution in [0.1, 0.15) is 26.7 Å². The maximum atomic E-state index is 5.78. The quantitative estimate of drug-likeness (QED) is 0.866. The molecule has 0 aromatic heterocycles. The van der Waals surface area contributed by atoms with Gasteiger partial charge in [-0.25, -0.2) is 0 Å². The minimum atomic E-state index is -0.568. The number of benzene rings is 1. The molecule has 0 aliphatic carbocycles. The number of nitrogens with one attached hydrogen (secondary N) is 1. The van der Waals surface area contributed by atoms with E-state index in [4.69, 9.17) is 15.9 Å². The highest BCUT2D eigenvalue weighted by Gasteiger charge is 2.31. The van der Waals surface area contributed by atoms with Gasteiger partial charge in [0, 0.05) is 44.7 Å². The fourth-order valence-electron chi connectivity index (χ4n) is 2.91. The molecule has 0 radical (unpaired) electrons. The number of terminal acetylenes is 1. The van der Waals surface area contributed by atoms with Crippen LogP contribution in [0.4, 0.5) is 5.69 Å². The van der Waals surface area contributed by atoms with Gasteiger partial charge in [0.2, 0.25) is 5.79 Å². The van der Waals surface area contributed by atoms with Crippen molar-refractivity contribution >= 4 is 5.69 Å². The highest BCUT2D eigenvalue weighted by molar-refractivity contribution is 5.56. The Kier molecular flexibility index (Phi) is 3.69. The van der Waals surface area contributed by atoms with E-state index in [1.807, 2.05) is 26.0 Å². The van der Waals surface area contributed by atoms with Gasteiger partial charge in [0.15, 0.2) is 11.5 Å². The zero-order valence-corrected chi connectivity index (χ0v) is 12.7. The molecule has 21 heavy (non-hydrogen) atoms. The van der Waals surface area contributed by atoms with E-state index in [-0.39, 0.29) is 0 Å². The lowest BCUT2D eigenvalue weighted by Crippen LogP contribution is -2.39. The average Bonchev–Trinajstić information content (AvgIpc) is 2.74. The third-order valence-electron chi connectivity index (χ3n) is 3.93. The lowest BCUT2D eigenvalue weighted by Gasteiger charge is -2.31. The number of piperidine rings is 1. The monoisotopic (exact) mass is 286 g/mol. The molecule has 2 aliphatic rings. The van der Waals surface area contributed by atoms with Gasteiger partial charge in [-0.1, -0.05) is 5.92 Å². The zero-order valence-electron chi connectivity index (χ0n) is 12.7. The Labute approximate surface area is 126 Å². The number of nitrogens with zero attached hydrogens (tertiary/aromatic N) is 1. The summed E-state index contributed by atoms with van der Waals surface area (Å²) >= 11 is 0. The molecule has 1 aromatic rings. The Morgan fingerprint density at radius 3 is 2.71 bits per heavy atom. The van der Waals surface area contributed by atoms with Gasteiger partial charge in [-0.3, -0.25) is 4.90 Å². The Hall–Kier alpha value is -1.86. The van der Waals surface area contributed by atoms with E-state index in [1.165, 1.54) is 0 Å². The largest absolute Gasteiger partial charge is 0.449 e. The topological polar surface area (TPSA) is 33.7 Å². The average molecular weight is 286 g/mol. The van der Waals surface area contributed by atoms with E-state index in [2.05, 4.69) is 22.2 Å². The van der Waals surface area contributed by atoms with Crippen LogP contribution in [0.5, 0.6) is 11.5 Å². The van der Waals surface area contributed by atoms with E-state index in [1.54, 1.807) is 0 Å². The summed E-state index contributed by atoms with van der Waals surface area (Å²) in [5.41, 5.74) is 1.09. The Morgan fingerprint density at radius 2 is 2.00 bits per heavy atom. The zero-order chi connectivity index (χ0) is 14.9. The molecule has 1 fully saturated rings. The predicted molar refractivity (Wildman–Crippen MR) is 83.7 cm³/mol. The molecule has 4 nitrogen and oxygen atoms in total. The van der Waals surface area contributed by atoms with Crippen molar-refractivity contribution in [2.75, 3.05) is 25.0 Å². The standard InChI is InChI=1S/C17H22N2O2/c1-4-9-19-10-7-13(8-11-19)18-14-5-6-15-16(12-14)21-17(2,3)20-15/h1,5-6,12-13,18H,7-11H2,2-3H3. The van der Waals surface area contributed by atoms with E-state index < -0.39 is 5.79 Å². The fraction of sp³-hybridized carbons (Fsp3) is 0.529. The summed E-state index contributed by atoms with van der Waals surface area (Å²) in [6, 6.07) is 6.54. The molecule has 3 rings (SSSR count). The highest BCUT2D eigenvalue weighted by atomic mass is 16.7. The number of likely N-dealkylation sites (tertiary alicyclic amines) is 1. The second-order valence-electron chi connectivity index (χ2n) is 6.16. The van der Waals surface area contributed by atoms with Gasteiger partial charge in [0.05, 0.1) is 6.54 Å². The molecular formula is C17H22N2O2. The number of rotatable bonds is 3. The molecule has 112 valence electrons. The van der Waals surface area contributed by atoms with E-state index in [0.717, 1.165) is 49.7 Å². The van der Waals surface area contributed by atoms with Gasteiger partial charge in [-0.15, -0.1) is 6.42 Å². The Balaban J connectivity index is 1.59. The van der Waals surface area contributed by atoms with Gasteiger partial charge in [-0.05, 0) is 25.0 Å². The van der Waals surface area contributed by atoms with Crippen molar-refractivity contribution < 1.29 is 9.47 Å². The van der Waals surface area contributed by atoms with Crippen molar-refractivity contribution in [2.24, 2.45) is 0 Å². The molecule has 1 N–H and O–H groups in total. The SMILES string of the molecule is C#CCN1CCC(Nc2ccc3c(c2)OC(C)(C)O3)CC1. The second-order valence-corrected chi connectivity index (χ2v) is 6.16. The van der Waals surface area contributed by atoms with Crippen LogP contribution in [0, 0.1) is 12.3 Å². The summed E-state index contributed by atoms with van der Waals surface area (Å²) in [5, 5.41) is 3.59. The van der Waals surface area contributed by atoms with Crippen LogP contribution in [0.15, 0.2) is 18.2 Å². The van der Waals surface area contributed by atoms with Gasteiger partial charge in [0.1, 0.15) is 0 Å². The number of hydrogen-bond acceptors (Lipinski definition) is 4. The minimum Gasteiger partial charge on any atom is -0.449 e. The van der Waals surface area contributed by atoms with Crippen molar-refractivity contribution in [1.29, 1.82) is 0 Å². The van der Waals surface area contributed by atoms with E-state index in [0.29, 0.717) is 6.04 Å². The summed E-state index contributed by atoms with van der Waals surface area (Å²) < 4.78 is 11.5. The van der Waals surface area contributed by atoms with Crippen molar-refractivity contribution in [3.05, 3.63) is 18.2 Å². The van der Waals surface area contributed by atoms with Gasteiger partial charge in [0.25, 0.3) is 0 Å². The first-order valence-corrected chi connectivity index (χ1v) is 7.50. The molecule has 0 bridgehead atoms. The summed E-state index contributed by atoms with van der Waals surface area (Å²) in [4.78, 5) is 2.32. The molecule has 2 aliphatic heterocycles. The van der Waals surface area contributed by atoms with Crippen LogP contribution in [0.25, 0.3) is 0 Å². The van der Waals surface area contributed by atoms with Gasteiger partial charge >= 0.3 is 0 Å². The van der Waals surface area contributed by atoms with Gasteiger partial charge < -0.3 is 14.8 Å². The first-order chi connectivity index (χ1) is 10.1. The number of hydrogen-bond donors (Lipinski definition) is 1. The van der Waals surface area contributed by atoms with Crippen LogP contribution < -0.4 is 14.8 Å². The number of ether oxygens (including phenoxy) is 2. The summed E-state index contributed by atoms with van der Waals surface area (Å²) in [5.74, 6) is 3.77. The number of anilines is 1. The van der Waals surface area contributed by atoms with Crippen molar-refractivity contribution in [2.45, 2.75) is 38.5 Å². The lowest BCUT2D eigenvalue weighted by molar-refractivity contribution is -0.0431. The molecule has 4 heteroatoms. The molecule has 1 aromatic carbocycles. The molecular weight excluding hydrogens is 264 g/mol. The molecule has 0 spiro atoms. The maximum absolute atomic E-state index is 5.78. The molecule has 0 saturated carbocycles. The van der Waals surface area contributed by atoms with Crippen molar-refractivity contribution in [3.63, 3.8) is 0 Å². The molecule has 0 atom stereocenters. The van der Waals surface area contributed by atoms with Crippen molar-refractivity contribution in [3.8, 4) is 23.8 Å². The molecule has 0 amide bonds. The summed E-state index contributed by atoms with van der Waals surface area (Å²) in [6.07, 6.45) is 7.58. The lowest BCUT2D eigenvalue weighted by atomic mass is 10.0. The molecule has 1 saturated heterocycles. The summed E-state index contributed by atoms with van der Waals surface area (Å²) in [7, 11) is 0. The van der Waals surface area contributed by atoms with Crippen LogP contribution >= 0.6 is 0 Å². The van der Waals surface area contributed by atoms with Crippen LogP contribution in [-0.2, 0) is 0 Å².